The van der Waals surface area contributed by atoms with Crippen LogP contribution in [0.5, 0.6) is 5.75 Å². The van der Waals surface area contributed by atoms with Gasteiger partial charge < -0.3 is 15.6 Å². The van der Waals surface area contributed by atoms with Crippen LogP contribution < -0.4 is 10.5 Å². The lowest BCUT2D eigenvalue weighted by molar-refractivity contribution is -0.138. The molecule has 0 amide bonds. The van der Waals surface area contributed by atoms with Crippen molar-refractivity contribution < 1.29 is 14.6 Å². The normalized spacial score (nSPS) is 16.2. The Kier molecular flexibility index (Phi) is 4.10. The zero-order valence-corrected chi connectivity index (χ0v) is 11.5. The minimum atomic E-state index is -0.901. The van der Waals surface area contributed by atoms with Crippen molar-refractivity contribution in [2.75, 3.05) is 13.2 Å². The van der Waals surface area contributed by atoms with Crippen LogP contribution in [-0.4, -0.2) is 24.2 Å². The Bertz CT molecular complexity index is 481. The molecule has 1 aromatic rings. The van der Waals surface area contributed by atoms with Gasteiger partial charge in [0, 0.05) is 12.1 Å². The molecule has 3 N–H and O–H groups in total. The van der Waals surface area contributed by atoms with Gasteiger partial charge in [-0.15, -0.1) is 0 Å². The summed E-state index contributed by atoms with van der Waals surface area (Å²) in [5.74, 6) is -0.255. The summed E-state index contributed by atoms with van der Waals surface area (Å²) in [6.07, 6.45) is 2.42. The number of carboxylic acids is 1. The third kappa shape index (κ3) is 3.07. The highest BCUT2D eigenvalue weighted by Crippen LogP contribution is 2.35. The number of aryl methyl sites for hydroxylation is 1. The van der Waals surface area contributed by atoms with Crippen molar-refractivity contribution in [3.63, 3.8) is 0 Å². The third-order valence-corrected chi connectivity index (χ3v) is 3.78. The van der Waals surface area contributed by atoms with Crippen molar-refractivity contribution in [3.8, 4) is 5.75 Å². The van der Waals surface area contributed by atoms with Gasteiger partial charge in [0.05, 0.1) is 12.5 Å². The van der Waals surface area contributed by atoms with Gasteiger partial charge in [-0.1, -0.05) is 12.1 Å². The Balaban J connectivity index is 2.33. The summed E-state index contributed by atoms with van der Waals surface area (Å²) in [4.78, 5) is 11.3. The van der Waals surface area contributed by atoms with E-state index in [2.05, 4.69) is 0 Å². The molecule has 0 aliphatic heterocycles. The highest BCUT2D eigenvalue weighted by atomic mass is 16.5. The standard InChI is InChI=1S/C15H21NO3/c1-9-3-6-12(13(7-16)15(17)18)14(10(9)2)19-8-11-4-5-11/h3,6,11,13H,4-5,7-8,16H2,1-2H3,(H,17,18). The Labute approximate surface area is 113 Å². The van der Waals surface area contributed by atoms with E-state index in [-0.39, 0.29) is 6.54 Å². The topological polar surface area (TPSA) is 72.6 Å². The fourth-order valence-corrected chi connectivity index (χ4v) is 2.12. The first-order valence-electron chi connectivity index (χ1n) is 6.70. The Morgan fingerprint density at radius 3 is 2.68 bits per heavy atom. The van der Waals surface area contributed by atoms with Gasteiger partial charge in [0.2, 0.25) is 0 Å². The molecule has 1 aliphatic carbocycles. The first-order chi connectivity index (χ1) is 9.04. The fraction of sp³-hybridized carbons (Fsp3) is 0.533. The molecule has 2 rings (SSSR count). The van der Waals surface area contributed by atoms with Gasteiger partial charge in [-0.2, -0.15) is 0 Å². The number of aliphatic carboxylic acids is 1. The van der Waals surface area contributed by atoms with Crippen molar-refractivity contribution in [2.24, 2.45) is 11.7 Å². The van der Waals surface area contributed by atoms with Gasteiger partial charge >= 0.3 is 5.97 Å². The van der Waals surface area contributed by atoms with E-state index in [1.54, 1.807) is 0 Å². The number of ether oxygens (including phenoxy) is 1. The van der Waals surface area contributed by atoms with Crippen LogP contribution in [0, 0.1) is 19.8 Å². The lowest BCUT2D eigenvalue weighted by atomic mass is 9.94. The molecule has 0 radical (unpaired) electrons. The molecule has 1 saturated carbocycles. The molecule has 0 saturated heterocycles. The molecule has 104 valence electrons. The molecule has 4 heteroatoms. The number of hydrogen-bond donors (Lipinski definition) is 2. The predicted octanol–water partition coefficient (Wildman–Crippen LogP) is 2.22. The highest BCUT2D eigenvalue weighted by Gasteiger charge is 2.26. The minimum absolute atomic E-state index is 0.0810. The van der Waals surface area contributed by atoms with E-state index in [1.165, 1.54) is 12.8 Å². The molecule has 1 unspecified atom stereocenters. The maximum atomic E-state index is 11.3. The molecule has 1 aromatic carbocycles. The Hall–Kier alpha value is -1.55. The maximum Gasteiger partial charge on any atom is 0.312 e. The third-order valence-electron chi connectivity index (χ3n) is 3.78. The van der Waals surface area contributed by atoms with Crippen LogP contribution in [-0.2, 0) is 4.79 Å². The molecule has 0 bridgehead atoms. The zero-order chi connectivity index (χ0) is 14.0. The lowest BCUT2D eigenvalue weighted by Crippen LogP contribution is -2.22. The number of carbonyl (C=O) groups is 1. The predicted molar refractivity (Wildman–Crippen MR) is 73.6 cm³/mol. The van der Waals surface area contributed by atoms with Gasteiger partial charge in [0.15, 0.2) is 0 Å². The summed E-state index contributed by atoms with van der Waals surface area (Å²) < 4.78 is 5.89. The molecule has 19 heavy (non-hydrogen) atoms. The van der Waals surface area contributed by atoms with Crippen LogP contribution in [0.1, 0.15) is 35.4 Å². The van der Waals surface area contributed by atoms with Crippen LogP contribution in [0.15, 0.2) is 12.1 Å². The summed E-state index contributed by atoms with van der Waals surface area (Å²) in [5.41, 5.74) is 8.41. The number of rotatable bonds is 6. The average molecular weight is 263 g/mol. The number of nitrogens with two attached hydrogens (primary N) is 1. The molecular formula is C15H21NO3. The Morgan fingerprint density at radius 1 is 1.47 bits per heavy atom. The molecule has 0 spiro atoms. The molecule has 0 aromatic heterocycles. The van der Waals surface area contributed by atoms with Gasteiger partial charge in [0.25, 0.3) is 0 Å². The van der Waals surface area contributed by atoms with E-state index < -0.39 is 11.9 Å². The lowest BCUT2D eigenvalue weighted by Gasteiger charge is -2.19. The SMILES string of the molecule is Cc1ccc(C(CN)C(=O)O)c(OCC2CC2)c1C. The second-order valence-electron chi connectivity index (χ2n) is 5.31. The van der Waals surface area contributed by atoms with Gasteiger partial charge in [-0.05, 0) is 43.7 Å². The largest absolute Gasteiger partial charge is 0.493 e. The van der Waals surface area contributed by atoms with E-state index in [4.69, 9.17) is 10.5 Å². The monoisotopic (exact) mass is 263 g/mol. The Morgan fingerprint density at radius 2 is 2.16 bits per heavy atom. The molecule has 1 atom stereocenters. The minimum Gasteiger partial charge on any atom is -0.493 e. The number of benzene rings is 1. The summed E-state index contributed by atoms with van der Waals surface area (Å²) in [5, 5.41) is 9.27. The summed E-state index contributed by atoms with van der Waals surface area (Å²) >= 11 is 0. The average Bonchev–Trinajstić information content (AvgIpc) is 3.17. The van der Waals surface area contributed by atoms with E-state index in [0.717, 1.165) is 11.1 Å². The second kappa shape index (κ2) is 5.61. The molecule has 1 fully saturated rings. The van der Waals surface area contributed by atoms with E-state index >= 15 is 0 Å². The number of carboxylic acid groups (broad SMARTS) is 1. The quantitative estimate of drug-likeness (QED) is 0.825. The van der Waals surface area contributed by atoms with Crippen molar-refractivity contribution in [1.29, 1.82) is 0 Å². The molecule has 0 heterocycles. The van der Waals surface area contributed by atoms with Crippen LogP contribution in [0.4, 0.5) is 0 Å². The van der Waals surface area contributed by atoms with E-state index in [0.29, 0.717) is 23.8 Å². The van der Waals surface area contributed by atoms with Crippen LogP contribution in [0.25, 0.3) is 0 Å². The smallest absolute Gasteiger partial charge is 0.312 e. The number of hydrogen-bond acceptors (Lipinski definition) is 3. The van der Waals surface area contributed by atoms with E-state index in [1.807, 2.05) is 26.0 Å². The summed E-state index contributed by atoms with van der Waals surface area (Å²) in [7, 11) is 0. The first-order valence-corrected chi connectivity index (χ1v) is 6.70. The highest BCUT2D eigenvalue weighted by molar-refractivity contribution is 5.78. The fourth-order valence-electron chi connectivity index (χ4n) is 2.12. The first kappa shape index (κ1) is 13.9. The second-order valence-corrected chi connectivity index (χ2v) is 5.31. The van der Waals surface area contributed by atoms with Gasteiger partial charge in [-0.25, -0.2) is 0 Å². The van der Waals surface area contributed by atoms with Gasteiger partial charge in [0.1, 0.15) is 5.75 Å². The summed E-state index contributed by atoms with van der Waals surface area (Å²) in [6, 6.07) is 3.76. The van der Waals surface area contributed by atoms with Crippen molar-refractivity contribution in [1.82, 2.24) is 0 Å². The molecular weight excluding hydrogens is 242 g/mol. The molecule has 4 nitrogen and oxygen atoms in total. The van der Waals surface area contributed by atoms with E-state index in [9.17, 15) is 9.90 Å². The van der Waals surface area contributed by atoms with Crippen molar-refractivity contribution >= 4 is 5.97 Å². The maximum absolute atomic E-state index is 11.3. The van der Waals surface area contributed by atoms with Crippen LogP contribution in [0.2, 0.25) is 0 Å². The summed E-state index contributed by atoms with van der Waals surface area (Å²) in [6.45, 7) is 4.73. The van der Waals surface area contributed by atoms with Crippen molar-refractivity contribution in [3.05, 3.63) is 28.8 Å². The molecule has 1 aliphatic rings. The van der Waals surface area contributed by atoms with Gasteiger partial charge in [-0.3, -0.25) is 4.79 Å². The van der Waals surface area contributed by atoms with Crippen molar-refractivity contribution in [2.45, 2.75) is 32.6 Å². The zero-order valence-electron chi connectivity index (χ0n) is 11.5. The van der Waals surface area contributed by atoms with Crippen LogP contribution >= 0.6 is 0 Å². The van der Waals surface area contributed by atoms with Crippen LogP contribution in [0.3, 0.4) is 0 Å².